The van der Waals surface area contributed by atoms with E-state index in [2.05, 4.69) is 33.0 Å². The van der Waals surface area contributed by atoms with Crippen molar-refractivity contribution in [3.05, 3.63) is 0 Å². The van der Waals surface area contributed by atoms with Crippen molar-refractivity contribution in [2.75, 3.05) is 0 Å². The van der Waals surface area contributed by atoms with E-state index in [1.807, 2.05) is 0 Å². The van der Waals surface area contributed by atoms with E-state index in [0.717, 1.165) is 12.8 Å². The van der Waals surface area contributed by atoms with Gasteiger partial charge in [-0.1, -0.05) is 27.7 Å². The van der Waals surface area contributed by atoms with Crippen molar-refractivity contribution in [2.45, 2.75) is 71.1 Å². The Bertz CT molecular complexity index is 232. The summed E-state index contributed by atoms with van der Waals surface area (Å²) < 4.78 is 38.6. The third-order valence-electron chi connectivity index (χ3n) is 3.28. The molecule has 1 aliphatic carbocycles. The average Bonchev–Trinajstić information content (AvgIpc) is 2.80. The maximum Gasteiger partial charge on any atom is 0.406 e. The lowest BCUT2D eigenvalue weighted by molar-refractivity contribution is -0.168. The Morgan fingerprint density at radius 3 is 1.65 bits per heavy atom. The molecule has 1 rings (SSSR count). The lowest BCUT2D eigenvalue weighted by atomic mass is 9.94. The number of hydrogen-bond acceptors (Lipinski definition) is 1. The van der Waals surface area contributed by atoms with Crippen LogP contribution in [0.4, 0.5) is 13.2 Å². The van der Waals surface area contributed by atoms with Gasteiger partial charge in [-0.3, -0.25) is 0 Å². The molecule has 0 saturated heterocycles. The molecule has 1 saturated carbocycles. The van der Waals surface area contributed by atoms with E-state index in [1.54, 1.807) is 0 Å². The zero-order valence-corrected chi connectivity index (χ0v) is 11.2. The molecule has 1 fully saturated rings. The second-order valence-electron chi connectivity index (χ2n) is 6.18. The summed E-state index contributed by atoms with van der Waals surface area (Å²) in [6.07, 6.45) is -1.99. The summed E-state index contributed by atoms with van der Waals surface area (Å²) in [4.78, 5) is 0. The number of halogens is 3. The molecule has 0 unspecified atom stereocenters. The fourth-order valence-electron chi connectivity index (χ4n) is 2.38. The second-order valence-corrected chi connectivity index (χ2v) is 6.18. The lowest BCUT2D eigenvalue weighted by Gasteiger charge is -2.29. The van der Waals surface area contributed by atoms with E-state index in [9.17, 15) is 13.2 Å². The normalized spacial score (nSPS) is 19.4. The number of nitrogens with one attached hydrogen (secondary N) is 1. The summed E-state index contributed by atoms with van der Waals surface area (Å²) in [6.45, 7) is 8.23. The number of rotatable bonds is 6. The van der Waals surface area contributed by atoms with E-state index in [-0.39, 0.29) is 18.9 Å². The minimum absolute atomic E-state index is 0.0147. The van der Waals surface area contributed by atoms with Gasteiger partial charge in [-0.2, -0.15) is 13.2 Å². The van der Waals surface area contributed by atoms with Gasteiger partial charge in [-0.25, -0.2) is 0 Å². The van der Waals surface area contributed by atoms with Crippen LogP contribution >= 0.6 is 0 Å². The van der Waals surface area contributed by atoms with E-state index in [4.69, 9.17) is 0 Å². The first-order valence-electron chi connectivity index (χ1n) is 6.51. The highest BCUT2D eigenvalue weighted by Crippen LogP contribution is 2.49. The first-order chi connectivity index (χ1) is 7.66. The molecule has 0 aromatic carbocycles. The molecular weight excluding hydrogens is 227 g/mol. The molecule has 0 aromatic rings. The Balaban J connectivity index is 2.60. The van der Waals surface area contributed by atoms with Crippen LogP contribution in [0.1, 0.15) is 53.4 Å². The molecule has 0 spiro atoms. The van der Waals surface area contributed by atoms with E-state index in [1.165, 1.54) is 0 Å². The Kier molecular flexibility index (Phi) is 4.50. The molecule has 1 N–H and O–H groups in total. The Morgan fingerprint density at radius 1 is 1.00 bits per heavy atom. The highest BCUT2D eigenvalue weighted by Gasteiger charge is 2.63. The molecule has 0 atom stereocenters. The maximum atomic E-state index is 12.9. The van der Waals surface area contributed by atoms with Gasteiger partial charge in [0.05, 0.1) is 0 Å². The molecule has 0 heterocycles. The van der Waals surface area contributed by atoms with Crippen LogP contribution in [0, 0.1) is 11.8 Å². The standard InChI is InChI=1S/C13H24F3N/c1-9(2)7-11(8-10(3)4)17-12(5-6-12)13(14,15)16/h9-11,17H,5-8H2,1-4H3. The zero-order chi connectivity index (χ0) is 13.3. The van der Waals surface area contributed by atoms with Crippen LogP contribution < -0.4 is 5.32 Å². The highest BCUT2D eigenvalue weighted by molar-refractivity contribution is 5.09. The van der Waals surface area contributed by atoms with Crippen LogP contribution in [0.25, 0.3) is 0 Å². The number of hydrogen-bond donors (Lipinski definition) is 1. The molecule has 102 valence electrons. The molecule has 17 heavy (non-hydrogen) atoms. The molecule has 4 heteroatoms. The minimum atomic E-state index is -4.10. The van der Waals surface area contributed by atoms with E-state index in [0.29, 0.717) is 11.8 Å². The molecule has 0 aliphatic heterocycles. The van der Waals surface area contributed by atoms with E-state index < -0.39 is 11.7 Å². The Labute approximate surface area is 102 Å². The first-order valence-corrected chi connectivity index (χ1v) is 6.51. The first kappa shape index (κ1) is 14.8. The van der Waals surface area contributed by atoms with Gasteiger partial charge < -0.3 is 5.32 Å². The van der Waals surface area contributed by atoms with Crippen molar-refractivity contribution in [3.63, 3.8) is 0 Å². The van der Waals surface area contributed by atoms with Crippen LogP contribution in [-0.2, 0) is 0 Å². The number of alkyl halides is 3. The third kappa shape index (κ3) is 4.16. The van der Waals surface area contributed by atoms with Gasteiger partial charge in [0.25, 0.3) is 0 Å². The summed E-state index contributed by atoms with van der Waals surface area (Å²) in [5, 5.41) is 2.88. The molecule has 0 aromatic heterocycles. The summed E-state index contributed by atoms with van der Waals surface area (Å²) in [7, 11) is 0. The molecule has 0 amide bonds. The second kappa shape index (κ2) is 5.17. The van der Waals surface area contributed by atoms with Crippen molar-refractivity contribution in [1.29, 1.82) is 0 Å². The molecule has 1 nitrogen and oxygen atoms in total. The molecule has 0 radical (unpaired) electrons. The smallest absolute Gasteiger partial charge is 0.301 e. The monoisotopic (exact) mass is 251 g/mol. The van der Waals surface area contributed by atoms with Gasteiger partial charge in [0.2, 0.25) is 0 Å². The van der Waals surface area contributed by atoms with Gasteiger partial charge in [0, 0.05) is 6.04 Å². The van der Waals surface area contributed by atoms with Gasteiger partial charge in [0.1, 0.15) is 5.54 Å². The lowest BCUT2D eigenvalue weighted by Crippen LogP contribution is -2.50. The summed E-state index contributed by atoms with van der Waals surface area (Å²) in [5.74, 6) is 0.852. The largest absolute Gasteiger partial charge is 0.406 e. The Hall–Kier alpha value is -0.250. The van der Waals surface area contributed by atoms with Crippen molar-refractivity contribution < 1.29 is 13.2 Å². The minimum Gasteiger partial charge on any atom is -0.301 e. The van der Waals surface area contributed by atoms with Crippen molar-refractivity contribution in [3.8, 4) is 0 Å². The summed E-state index contributed by atoms with van der Waals surface area (Å²) in [6, 6.07) is -0.0147. The predicted octanol–water partition coefficient (Wildman–Crippen LogP) is 4.13. The van der Waals surface area contributed by atoms with Gasteiger partial charge >= 0.3 is 6.18 Å². The van der Waals surface area contributed by atoms with Crippen LogP contribution in [0.5, 0.6) is 0 Å². The van der Waals surface area contributed by atoms with Gasteiger partial charge in [-0.15, -0.1) is 0 Å². The van der Waals surface area contributed by atoms with Gasteiger partial charge in [0.15, 0.2) is 0 Å². The average molecular weight is 251 g/mol. The van der Waals surface area contributed by atoms with E-state index >= 15 is 0 Å². The third-order valence-corrected chi connectivity index (χ3v) is 3.28. The van der Waals surface area contributed by atoms with Crippen molar-refractivity contribution >= 4 is 0 Å². The maximum absolute atomic E-state index is 12.9. The zero-order valence-electron chi connectivity index (χ0n) is 11.2. The van der Waals surface area contributed by atoms with Crippen LogP contribution in [0.2, 0.25) is 0 Å². The van der Waals surface area contributed by atoms with Crippen molar-refractivity contribution in [2.24, 2.45) is 11.8 Å². The molecule has 0 bridgehead atoms. The van der Waals surface area contributed by atoms with Gasteiger partial charge in [-0.05, 0) is 37.5 Å². The Morgan fingerprint density at radius 2 is 1.41 bits per heavy atom. The fourth-order valence-corrected chi connectivity index (χ4v) is 2.38. The molecular formula is C13H24F3N. The van der Waals surface area contributed by atoms with Crippen LogP contribution in [-0.4, -0.2) is 17.8 Å². The van der Waals surface area contributed by atoms with Crippen LogP contribution in [0.3, 0.4) is 0 Å². The quantitative estimate of drug-likeness (QED) is 0.748. The molecule has 1 aliphatic rings. The van der Waals surface area contributed by atoms with Crippen molar-refractivity contribution in [1.82, 2.24) is 5.32 Å². The fraction of sp³-hybridized carbons (Fsp3) is 1.00. The summed E-state index contributed by atoms with van der Waals surface area (Å²) >= 11 is 0. The topological polar surface area (TPSA) is 12.0 Å². The predicted molar refractivity (Wildman–Crippen MR) is 63.9 cm³/mol. The highest BCUT2D eigenvalue weighted by atomic mass is 19.4. The summed E-state index contributed by atoms with van der Waals surface area (Å²) in [5.41, 5.74) is -1.57. The van der Waals surface area contributed by atoms with Crippen LogP contribution in [0.15, 0.2) is 0 Å². The SMILES string of the molecule is CC(C)CC(CC(C)C)NC1(C(F)(F)F)CC1.